The molecule has 0 spiro atoms. The Morgan fingerprint density at radius 2 is 1.81 bits per heavy atom. The first-order valence-corrected chi connectivity index (χ1v) is 7.81. The van der Waals surface area contributed by atoms with E-state index in [2.05, 4.69) is 5.32 Å². The third-order valence-electron chi connectivity index (χ3n) is 3.25. The maximum atomic E-state index is 12.4. The molecule has 2 aromatic rings. The summed E-state index contributed by atoms with van der Waals surface area (Å²) in [6.07, 6.45) is -2.16. The number of para-hydroxylation sites is 1. The van der Waals surface area contributed by atoms with Crippen molar-refractivity contribution in [1.82, 2.24) is 5.32 Å². The summed E-state index contributed by atoms with van der Waals surface area (Å²) in [5, 5.41) is 4.86. The summed E-state index contributed by atoms with van der Waals surface area (Å²) >= 11 is 5.84. The van der Waals surface area contributed by atoms with E-state index >= 15 is 0 Å². The molecule has 0 radical (unpaired) electrons. The first kappa shape index (κ1) is 19.5. The second kappa shape index (κ2) is 8.53. The quantitative estimate of drug-likeness (QED) is 0.762. The van der Waals surface area contributed by atoms with E-state index in [9.17, 15) is 22.8 Å². The fourth-order valence-electron chi connectivity index (χ4n) is 2.01. The molecule has 2 amide bonds. The lowest BCUT2D eigenvalue weighted by Crippen LogP contribution is -2.30. The Morgan fingerprint density at radius 1 is 1.08 bits per heavy atom. The van der Waals surface area contributed by atoms with Crippen molar-refractivity contribution in [2.24, 2.45) is 0 Å². The molecule has 0 saturated carbocycles. The molecule has 26 heavy (non-hydrogen) atoms. The molecular weight excluding hydrogens is 369 g/mol. The van der Waals surface area contributed by atoms with E-state index in [1.807, 2.05) is 0 Å². The number of benzene rings is 2. The minimum absolute atomic E-state index is 0.0195. The Labute approximate surface area is 152 Å². The Bertz CT molecular complexity index is 835. The fraction of sp³-hybridized carbons (Fsp3) is 0.111. The zero-order valence-electron chi connectivity index (χ0n) is 13.3. The number of rotatable bonds is 5. The summed E-state index contributed by atoms with van der Waals surface area (Å²) in [4.78, 5) is 22.9. The average molecular weight is 383 g/mol. The van der Waals surface area contributed by atoms with Crippen molar-refractivity contribution in [1.29, 1.82) is 0 Å². The molecule has 4 nitrogen and oxygen atoms in total. The van der Waals surface area contributed by atoms with Crippen LogP contribution in [-0.2, 0) is 16.1 Å². The number of anilines is 1. The molecule has 2 N–H and O–H groups in total. The number of carbonyl (C=O) groups excluding carboxylic acids is 2. The SMILES string of the molecule is O=C(/C=C/c1cccc(Cl)c1)NCc1ccccc1NC(=O)C(F)(F)F. The highest BCUT2D eigenvalue weighted by Gasteiger charge is 2.38. The predicted octanol–water partition coefficient (Wildman–Crippen LogP) is 4.17. The standard InChI is InChI=1S/C18H14ClF3N2O2/c19-14-6-3-4-12(10-14)8-9-16(25)23-11-13-5-1-2-7-15(13)24-17(26)18(20,21)22/h1-10H,11H2,(H,23,25)(H,24,26)/b9-8+. The van der Waals surface area contributed by atoms with Gasteiger partial charge in [0.1, 0.15) is 0 Å². The van der Waals surface area contributed by atoms with Crippen LogP contribution in [0.1, 0.15) is 11.1 Å². The van der Waals surface area contributed by atoms with E-state index in [4.69, 9.17) is 11.6 Å². The fourth-order valence-corrected chi connectivity index (χ4v) is 2.21. The predicted molar refractivity (Wildman–Crippen MR) is 93.5 cm³/mol. The van der Waals surface area contributed by atoms with Crippen molar-refractivity contribution in [2.45, 2.75) is 12.7 Å². The monoisotopic (exact) mass is 382 g/mol. The summed E-state index contributed by atoms with van der Waals surface area (Å²) in [5.41, 5.74) is 1.05. The summed E-state index contributed by atoms with van der Waals surface area (Å²) < 4.78 is 37.1. The maximum Gasteiger partial charge on any atom is 0.471 e. The van der Waals surface area contributed by atoms with Crippen LogP contribution in [-0.4, -0.2) is 18.0 Å². The van der Waals surface area contributed by atoms with Gasteiger partial charge in [0.2, 0.25) is 5.91 Å². The van der Waals surface area contributed by atoms with Crippen LogP contribution >= 0.6 is 11.6 Å². The van der Waals surface area contributed by atoms with Gasteiger partial charge in [0.05, 0.1) is 0 Å². The van der Waals surface area contributed by atoms with Crippen LogP contribution in [0.4, 0.5) is 18.9 Å². The lowest BCUT2D eigenvalue weighted by molar-refractivity contribution is -0.167. The molecule has 2 aromatic carbocycles. The highest BCUT2D eigenvalue weighted by molar-refractivity contribution is 6.30. The van der Waals surface area contributed by atoms with E-state index in [-0.39, 0.29) is 12.2 Å². The zero-order chi connectivity index (χ0) is 19.2. The van der Waals surface area contributed by atoms with Gasteiger partial charge in [-0.25, -0.2) is 0 Å². The molecule has 0 aliphatic heterocycles. The number of halogens is 4. The number of nitrogens with one attached hydrogen (secondary N) is 2. The highest BCUT2D eigenvalue weighted by Crippen LogP contribution is 2.21. The van der Waals surface area contributed by atoms with Crippen LogP contribution in [0, 0.1) is 0 Å². The van der Waals surface area contributed by atoms with Crippen LogP contribution in [0.5, 0.6) is 0 Å². The van der Waals surface area contributed by atoms with Crippen LogP contribution in [0.15, 0.2) is 54.6 Å². The van der Waals surface area contributed by atoms with E-state index < -0.39 is 18.0 Å². The number of carbonyl (C=O) groups is 2. The topological polar surface area (TPSA) is 58.2 Å². The van der Waals surface area contributed by atoms with Crippen LogP contribution < -0.4 is 10.6 Å². The second-order valence-electron chi connectivity index (χ2n) is 5.22. The molecule has 0 aliphatic rings. The van der Waals surface area contributed by atoms with Crippen LogP contribution in [0.2, 0.25) is 5.02 Å². The molecule has 0 aromatic heterocycles. The third kappa shape index (κ3) is 5.93. The van der Waals surface area contributed by atoms with Crippen molar-refractivity contribution in [2.75, 3.05) is 5.32 Å². The number of amides is 2. The van der Waals surface area contributed by atoms with Gasteiger partial charge in [-0.2, -0.15) is 13.2 Å². The van der Waals surface area contributed by atoms with Crippen molar-refractivity contribution in [3.05, 3.63) is 70.8 Å². The van der Waals surface area contributed by atoms with E-state index in [0.717, 1.165) is 5.56 Å². The van der Waals surface area contributed by atoms with Gasteiger partial charge in [0.25, 0.3) is 0 Å². The molecule has 0 fully saturated rings. The van der Waals surface area contributed by atoms with E-state index in [1.165, 1.54) is 24.3 Å². The van der Waals surface area contributed by atoms with Crippen molar-refractivity contribution in [3.63, 3.8) is 0 Å². The normalized spacial score (nSPS) is 11.4. The first-order chi connectivity index (χ1) is 12.3. The van der Waals surface area contributed by atoms with Crippen LogP contribution in [0.3, 0.4) is 0 Å². The first-order valence-electron chi connectivity index (χ1n) is 7.43. The van der Waals surface area contributed by atoms with Crippen molar-refractivity contribution < 1.29 is 22.8 Å². The molecule has 8 heteroatoms. The van der Waals surface area contributed by atoms with Crippen LogP contribution in [0.25, 0.3) is 6.08 Å². The minimum Gasteiger partial charge on any atom is -0.348 e. The molecule has 0 saturated heterocycles. The zero-order valence-corrected chi connectivity index (χ0v) is 14.1. The lowest BCUT2D eigenvalue weighted by atomic mass is 10.1. The maximum absolute atomic E-state index is 12.4. The van der Waals surface area contributed by atoms with Gasteiger partial charge in [-0.1, -0.05) is 41.9 Å². The molecule has 0 atom stereocenters. The molecule has 0 aliphatic carbocycles. The smallest absolute Gasteiger partial charge is 0.348 e. The lowest BCUT2D eigenvalue weighted by Gasteiger charge is -2.12. The summed E-state index contributed by atoms with van der Waals surface area (Å²) in [6.45, 7) is -0.0486. The minimum atomic E-state index is -4.99. The Kier molecular flexibility index (Phi) is 6.41. The number of hydrogen-bond acceptors (Lipinski definition) is 2. The molecule has 2 rings (SSSR count). The van der Waals surface area contributed by atoms with Gasteiger partial charge in [0, 0.05) is 23.3 Å². The molecule has 0 unspecified atom stereocenters. The number of hydrogen-bond donors (Lipinski definition) is 2. The largest absolute Gasteiger partial charge is 0.471 e. The Balaban J connectivity index is 1.99. The summed E-state index contributed by atoms with van der Waals surface area (Å²) in [6, 6.07) is 12.8. The van der Waals surface area contributed by atoms with Gasteiger partial charge in [0.15, 0.2) is 0 Å². The Hall–Kier alpha value is -2.80. The third-order valence-corrected chi connectivity index (χ3v) is 3.49. The summed E-state index contributed by atoms with van der Waals surface area (Å²) in [5.74, 6) is -2.51. The average Bonchev–Trinajstić information content (AvgIpc) is 2.58. The summed E-state index contributed by atoms with van der Waals surface area (Å²) in [7, 11) is 0. The number of alkyl halides is 3. The molecule has 0 heterocycles. The van der Waals surface area contributed by atoms with Gasteiger partial charge in [-0.05, 0) is 35.4 Å². The van der Waals surface area contributed by atoms with Gasteiger partial charge in [-0.15, -0.1) is 0 Å². The Morgan fingerprint density at radius 3 is 2.50 bits per heavy atom. The van der Waals surface area contributed by atoms with E-state index in [1.54, 1.807) is 41.7 Å². The second-order valence-corrected chi connectivity index (χ2v) is 5.65. The van der Waals surface area contributed by atoms with Crippen molar-refractivity contribution in [3.8, 4) is 0 Å². The van der Waals surface area contributed by atoms with Crippen molar-refractivity contribution >= 4 is 35.2 Å². The molecular formula is C18H14ClF3N2O2. The van der Waals surface area contributed by atoms with Gasteiger partial charge in [-0.3, -0.25) is 9.59 Å². The van der Waals surface area contributed by atoms with Gasteiger partial charge >= 0.3 is 12.1 Å². The molecule has 0 bridgehead atoms. The van der Waals surface area contributed by atoms with Gasteiger partial charge < -0.3 is 10.6 Å². The van der Waals surface area contributed by atoms with E-state index in [0.29, 0.717) is 10.6 Å². The molecule has 136 valence electrons. The highest BCUT2D eigenvalue weighted by atomic mass is 35.5.